The molecule has 154 valence electrons. The summed E-state index contributed by atoms with van der Waals surface area (Å²) in [5.74, 6) is 1.29. The van der Waals surface area contributed by atoms with E-state index in [1.54, 1.807) is 20.3 Å². The molecule has 0 aliphatic carbocycles. The summed E-state index contributed by atoms with van der Waals surface area (Å²) in [6.07, 6.45) is 1.49. The number of amides is 1. The first kappa shape index (κ1) is 20.3. The predicted molar refractivity (Wildman–Crippen MR) is 120 cm³/mol. The fraction of sp³-hybridized carbons (Fsp3) is 0.190. The number of carbonyl (C=O) groups excluding carboxylic acids is 1. The molecule has 0 unspecified atom stereocenters. The van der Waals surface area contributed by atoms with Crippen molar-refractivity contribution in [2.24, 2.45) is 0 Å². The number of H-pyrrole nitrogens is 1. The molecule has 0 saturated carbocycles. The van der Waals surface area contributed by atoms with Gasteiger partial charge in [-0.15, -0.1) is 0 Å². The second-order valence-electron chi connectivity index (χ2n) is 6.58. The number of thioether (sulfide) groups is 1. The first-order valence-electron chi connectivity index (χ1n) is 9.07. The molecule has 9 heteroatoms. The smallest absolute Gasteiger partial charge is 0.234 e. The zero-order chi connectivity index (χ0) is 21.3. The van der Waals surface area contributed by atoms with Crippen LogP contribution in [0.25, 0.3) is 21.9 Å². The maximum atomic E-state index is 12.4. The summed E-state index contributed by atoms with van der Waals surface area (Å²) in [7, 11) is 3.18. The molecule has 2 N–H and O–H groups in total. The number of halogens is 1. The molecule has 2 heterocycles. The molecule has 1 amide bonds. The number of nitrogens with zero attached hydrogens (tertiary/aromatic N) is 2. The van der Waals surface area contributed by atoms with Gasteiger partial charge in [0.2, 0.25) is 5.91 Å². The molecule has 0 fully saturated rings. The van der Waals surface area contributed by atoms with Gasteiger partial charge >= 0.3 is 0 Å². The van der Waals surface area contributed by atoms with Crippen LogP contribution < -0.4 is 14.8 Å². The summed E-state index contributed by atoms with van der Waals surface area (Å²) in [6.45, 7) is 1.91. The molecule has 0 atom stereocenters. The van der Waals surface area contributed by atoms with Gasteiger partial charge in [0.25, 0.3) is 0 Å². The largest absolute Gasteiger partial charge is 0.493 e. The number of benzene rings is 2. The van der Waals surface area contributed by atoms with Crippen LogP contribution in [0.1, 0.15) is 5.56 Å². The second-order valence-corrected chi connectivity index (χ2v) is 7.95. The van der Waals surface area contributed by atoms with Crippen molar-refractivity contribution in [1.29, 1.82) is 0 Å². The van der Waals surface area contributed by atoms with Gasteiger partial charge in [0.05, 0.1) is 31.0 Å². The lowest BCUT2D eigenvalue weighted by atomic mass is 10.2. The van der Waals surface area contributed by atoms with E-state index >= 15 is 0 Å². The Hall–Kier alpha value is -2.97. The Morgan fingerprint density at radius 3 is 2.67 bits per heavy atom. The molecule has 2 aromatic heterocycles. The zero-order valence-corrected chi connectivity index (χ0v) is 18.1. The highest BCUT2D eigenvalue weighted by atomic mass is 35.5. The Morgan fingerprint density at radius 2 is 1.93 bits per heavy atom. The Morgan fingerprint density at radius 1 is 1.17 bits per heavy atom. The van der Waals surface area contributed by atoms with Crippen LogP contribution in [0.15, 0.2) is 41.7 Å². The molecule has 0 spiro atoms. The number of hydrogen-bond acceptors (Lipinski definition) is 6. The number of fused-ring (bicyclic) bond motifs is 3. The van der Waals surface area contributed by atoms with Gasteiger partial charge in [0, 0.05) is 22.2 Å². The summed E-state index contributed by atoms with van der Waals surface area (Å²) >= 11 is 7.45. The summed E-state index contributed by atoms with van der Waals surface area (Å²) in [5, 5.41) is 5.05. The van der Waals surface area contributed by atoms with Crippen molar-refractivity contribution in [2.45, 2.75) is 11.9 Å². The van der Waals surface area contributed by atoms with Crippen molar-refractivity contribution in [3.05, 3.63) is 47.2 Å². The van der Waals surface area contributed by atoms with Gasteiger partial charge in [0.15, 0.2) is 11.5 Å². The number of rotatable bonds is 6. The molecule has 0 aliphatic rings. The fourth-order valence-corrected chi connectivity index (χ4v) is 4.04. The van der Waals surface area contributed by atoms with Crippen molar-refractivity contribution in [2.75, 3.05) is 25.3 Å². The second kappa shape index (κ2) is 8.41. The third-order valence-corrected chi connectivity index (χ3v) is 6.04. The third kappa shape index (κ3) is 3.88. The van der Waals surface area contributed by atoms with E-state index in [0.717, 1.165) is 27.5 Å². The summed E-state index contributed by atoms with van der Waals surface area (Å²) in [5.41, 5.74) is 3.99. The van der Waals surface area contributed by atoms with E-state index in [2.05, 4.69) is 20.3 Å². The maximum Gasteiger partial charge on any atom is 0.234 e. The minimum absolute atomic E-state index is 0.147. The number of carbonyl (C=O) groups is 1. The lowest BCUT2D eigenvalue weighted by molar-refractivity contribution is -0.113. The highest BCUT2D eigenvalue weighted by Gasteiger charge is 2.16. The van der Waals surface area contributed by atoms with E-state index in [1.807, 2.05) is 31.2 Å². The molecule has 0 saturated heterocycles. The van der Waals surface area contributed by atoms with Gasteiger partial charge in [-0.1, -0.05) is 29.4 Å². The Kier molecular flexibility index (Phi) is 5.69. The van der Waals surface area contributed by atoms with Gasteiger partial charge in [0.1, 0.15) is 16.9 Å². The van der Waals surface area contributed by atoms with Crippen molar-refractivity contribution in [3.8, 4) is 11.5 Å². The minimum atomic E-state index is -0.147. The van der Waals surface area contributed by atoms with Gasteiger partial charge in [-0.05, 0) is 30.7 Å². The monoisotopic (exact) mass is 442 g/mol. The van der Waals surface area contributed by atoms with Crippen molar-refractivity contribution < 1.29 is 14.3 Å². The van der Waals surface area contributed by atoms with Crippen LogP contribution in [0, 0.1) is 6.92 Å². The Bertz CT molecular complexity index is 1260. The summed E-state index contributed by atoms with van der Waals surface area (Å²) < 4.78 is 10.8. The average Bonchev–Trinajstić information content (AvgIpc) is 3.11. The van der Waals surface area contributed by atoms with E-state index in [9.17, 15) is 4.79 Å². The highest BCUT2D eigenvalue weighted by Crippen LogP contribution is 2.36. The molecule has 4 rings (SSSR count). The molecular formula is C21H19ClN4O3S. The van der Waals surface area contributed by atoms with Crippen molar-refractivity contribution in [3.63, 3.8) is 0 Å². The molecule has 0 radical (unpaired) electrons. The molecule has 4 aromatic rings. The lowest BCUT2D eigenvalue weighted by Crippen LogP contribution is -2.14. The molecular weight excluding hydrogens is 424 g/mol. The van der Waals surface area contributed by atoms with Gasteiger partial charge in [-0.2, -0.15) is 0 Å². The summed E-state index contributed by atoms with van der Waals surface area (Å²) in [4.78, 5) is 24.5. The van der Waals surface area contributed by atoms with E-state index in [1.165, 1.54) is 18.1 Å². The number of anilines is 1. The molecule has 2 aromatic carbocycles. The van der Waals surface area contributed by atoms with Crippen molar-refractivity contribution in [1.82, 2.24) is 15.0 Å². The van der Waals surface area contributed by atoms with Crippen LogP contribution in [0.5, 0.6) is 11.5 Å². The standard InChI is InChI=1S/C21H19ClN4O3S/c1-11-4-5-12(6-14(11)22)25-18(27)9-30-21-20-19(23-10-24-21)13-7-16(28-2)17(29-3)8-15(13)26-20/h4-8,10,26H,9H2,1-3H3,(H,25,27). The van der Waals surface area contributed by atoms with Crippen LogP contribution >= 0.6 is 23.4 Å². The number of aromatic amines is 1. The molecule has 7 nitrogen and oxygen atoms in total. The minimum Gasteiger partial charge on any atom is -0.493 e. The van der Waals surface area contributed by atoms with Crippen LogP contribution in [-0.2, 0) is 4.79 Å². The van der Waals surface area contributed by atoms with Gasteiger partial charge < -0.3 is 19.8 Å². The SMILES string of the molecule is COc1cc2[nH]c3c(SCC(=O)Nc4ccc(C)c(Cl)c4)ncnc3c2cc1OC. The Balaban J connectivity index is 1.58. The number of hydrogen-bond donors (Lipinski definition) is 2. The third-order valence-electron chi connectivity index (χ3n) is 4.65. The van der Waals surface area contributed by atoms with Gasteiger partial charge in [-0.3, -0.25) is 4.79 Å². The number of aryl methyl sites for hydroxylation is 1. The van der Waals surface area contributed by atoms with E-state index in [4.69, 9.17) is 21.1 Å². The van der Waals surface area contributed by atoms with E-state index < -0.39 is 0 Å². The number of nitrogens with one attached hydrogen (secondary N) is 2. The topological polar surface area (TPSA) is 89.1 Å². The first-order valence-corrected chi connectivity index (χ1v) is 10.4. The van der Waals surface area contributed by atoms with Crippen LogP contribution in [0.2, 0.25) is 5.02 Å². The first-order chi connectivity index (χ1) is 14.5. The normalized spacial score (nSPS) is 11.1. The quantitative estimate of drug-likeness (QED) is 0.328. The fourth-order valence-electron chi connectivity index (χ4n) is 3.11. The highest BCUT2D eigenvalue weighted by molar-refractivity contribution is 8.00. The van der Waals surface area contributed by atoms with Gasteiger partial charge in [-0.25, -0.2) is 9.97 Å². The Labute approximate surface area is 182 Å². The molecule has 0 aliphatic heterocycles. The number of aromatic nitrogens is 3. The zero-order valence-electron chi connectivity index (χ0n) is 16.6. The lowest BCUT2D eigenvalue weighted by Gasteiger charge is -2.07. The van der Waals surface area contributed by atoms with Crippen LogP contribution in [-0.4, -0.2) is 40.8 Å². The molecule has 0 bridgehead atoms. The van der Waals surface area contributed by atoms with Crippen LogP contribution in [0.3, 0.4) is 0 Å². The summed E-state index contributed by atoms with van der Waals surface area (Å²) in [6, 6.07) is 9.17. The van der Waals surface area contributed by atoms with E-state index in [-0.39, 0.29) is 11.7 Å². The average molecular weight is 443 g/mol. The number of methoxy groups -OCH3 is 2. The predicted octanol–water partition coefficient (Wildman–Crippen LogP) is 4.82. The van der Waals surface area contributed by atoms with Crippen molar-refractivity contribution >= 4 is 56.9 Å². The van der Waals surface area contributed by atoms with E-state index in [0.29, 0.717) is 27.2 Å². The number of ether oxygens (including phenoxy) is 2. The van der Waals surface area contributed by atoms with Crippen LogP contribution in [0.4, 0.5) is 5.69 Å². The molecule has 30 heavy (non-hydrogen) atoms. The maximum absolute atomic E-state index is 12.4.